The van der Waals surface area contributed by atoms with Crippen molar-refractivity contribution in [1.29, 1.82) is 0 Å². The van der Waals surface area contributed by atoms with Gasteiger partial charge in [-0.3, -0.25) is 9.69 Å². The number of ether oxygens (including phenoxy) is 1. The minimum atomic E-state index is -0.430. The van der Waals surface area contributed by atoms with Gasteiger partial charge in [-0.05, 0) is 12.5 Å². The SMILES string of the molecule is Cc1cc(CN(C)C(=O)C2CN(Cc3ccccc3)CCO2)no1. The first-order chi connectivity index (χ1) is 11.6. The highest BCUT2D eigenvalue weighted by molar-refractivity contribution is 5.81. The summed E-state index contributed by atoms with van der Waals surface area (Å²) in [4.78, 5) is 16.5. The minimum Gasteiger partial charge on any atom is -0.366 e. The molecule has 1 aromatic heterocycles. The van der Waals surface area contributed by atoms with E-state index in [4.69, 9.17) is 9.26 Å². The van der Waals surface area contributed by atoms with Gasteiger partial charge in [0, 0.05) is 32.7 Å². The molecule has 2 aromatic rings. The third-order valence-corrected chi connectivity index (χ3v) is 4.13. The molecule has 24 heavy (non-hydrogen) atoms. The first-order valence-electron chi connectivity index (χ1n) is 8.17. The van der Waals surface area contributed by atoms with Gasteiger partial charge in [-0.15, -0.1) is 0 Å². The Hall–Kier alpha value is -2.18. The number of likely N-dealkylation sites (N-methyl/N-ethyl adjacent to an activating group) is 1. The van der Waals surface area contributed by atoms with Gasteiger partial charge in [0.25, 0.3) is 5.91 Å². The standard InChI is InChI=1S/C18H23N3O3/c1-14-10-16(19-24-14)12-20(2)18(22)17-13-21(8-9-23-17)11-15-6-4-3-5-7-15/h3-7,10,17H,8-9,11-13H2,1-2H3. The molecule has 6 nitrogen and oxygen atoms in total. The molecule has 1 unspecified atom stereocenters. The van der Waals surface area contributed by atoms with Gasteiger partial charge >= 0.3 is 0 Å². The first-order valence-corrected chi connectivity index (χ1v) is 8.17. The van der Waals surface area contributed by atoms with E-state index >= 15 is 0 Å². The molecule has 0 N–H and O–H groups in total. The van der Waals surface area contributed by atoms with Gasteiger partial charge in [0.05, 0.1) is 13.2 Å². The average Bonchev–Trinajstić information content (AvgIpc) is 3.00. The molecule has 1 fully saturated rings. The van der Waals surface area contributed by atoms with Crippen molar-refractivity contribution >= 4 is 5.91 Å². The molecule has 0 saturated carbocycles. The largest absolute Gasteiger partial charge is 0.366 e. The van der Waals surface area contributed by atoms with E-state index in [0.29, 0.717) is 19.7 Å². The van der Waals surface area contributed by atoms with Crippen LogP contribution in [0.25, 0.3) is 0 Å². The smallest absolute Gasteiger partial charge is 0.253 e. The fraction of sp³-hybridized carbons (Fsp3) is 0.444. The predicted molar refractivity (Wildman–Crippen MR) is 89.2 cm³/mol. The Bertz CT molecular complexity index is 671. The quantitative estimate of drug-likeness (QED) is 0.838. The number of nitrogens with zero attached hydrogens (tertiary/aromatic N) is 3. The molecule has 1 aliphatic heterocycles. The van der Waals surface area contributed by atoms with Crippen LogP contribution in [-0.2, 0) is 22.6 Å². The minimum absolute atomic E-state index is 0.0200. The summed E-state index contributed by atoms with van der Waals surface area (Å²) in [5.74, 6) is 0.724. The number of carbonyl (C=O) groups is 1. The topological polar surface area (TPSA) is 58.8 Å². The lowest BCUT2D eigenvalue weighted by Crippen LogP contribution is -2.49. The Morgan fingerprint density at radius 3 is 2.88 bits per heavy atom. The van der Waals surface area contributed by atoms with Crippen molar-refractivity contribution in [1.82, 2.24) is 15.0 Å². The predicted octanol–water partition coefficient (Wildman–Crippen LogP) is 1.84. The van der Waals surface area contributed by atoms with Crippen molar-refractivity contribution in [2.75, 3.05) is 26.7 Å². The van der Waals surface area contributed by atoms with Crippen LogP contribution in [0, 0.1) is 6.92 Å². The Kier molecular flexibility index (Phi) is 5.27. The number of aryl methyl sites for hydroxylation is 1. The summed E-state index contributed by atoms with van der Waals surface area (Å²) < 4.78 is 10.7. The fourth-order valence-electron chi connectivity index (χ4n) is 2.90. The van der Waals surface area contributed by atoms with Crippen LogP contribution in [0.15, 0.2) is 40.9 Å². The number of aromatic nitrogens is 1. The van der Waals surface area contributed by atoms with Gasteiger partial charge in [0.15, 0.2) is 0 Å². The zero-order valence-electron chi connectivity index (χ0n) is 14.1. The highest BCUT2D eigenvalue weighted by Gasteiger charge is 2.29. The molecule has 128 valence electrons. The molecule has 1 saturated heterocycles. The van der Waals surface area contributed by atoms with Crippen LogP contribution < -0.4 is 0 Å². The maximum absolute atomic E-state index is 12.6. The Morgan fingerprint density at radius 2 is 2.17 bits per heavy atom. The fourth-order valence-corrected chi connectivity index (χ4v) is 2.90. The zero-order chi connectivity index (χ0) is 16.9. The molecular formula is C18H23N3O3. The van der Waals surface area contributed by atoms with Gasteiger partial charge in [-0.2, -0.15) is 0 Å². The third-order valence-electron chi connectivity index (χ3n) is 4.13. The maximum Gasteiger partial charge on any atom is 0.253 e. The van der Waals surface area contributed by atoms with Crippen molar-refractivity contribution in [2.24, 2.45) is 0 Å². The summed E-state index contributed by atoms with van der Waals surface area (Å²) in [5.41, 5.74) is 2.00. The van der Waals surface area contributed by atoms with E-state index in [-0.39, 0.29) is 5.91 Å². The third kappa shape index (κ3) is 4.21. The summed E-state index contributed by atoms with van der Waals surface area (Å²) in [5, 5.41) is 3.93. The van der Waals surface area contributed by atoms with Crippen molar-refractivity contribution in [3.63, 3.8) is 0 Å². The van der Waals surface area contributed by atoms with Crippen LogP contribution in [0.2, 0.25) is 0 Å². The van der Waals surface area contributed by atoms with Crippen LogP contribution in [-0.4, -0.2) is 53.7 Å². The van der Waals surface area contributed by atoms with E-state index in [9.17, 15) is 4.79 Å². The normalized spacial score (nSPS) is 18.5. The Balaban J connectivity index is 1.56. The molecule has 2 heterocycles. The van der Waals surface area contributed by atoms with E-state index < -0.39 is 6.10 Å². The second kappa shape index (κ2) is 7.59. The molecule has 6 heteroatoms. The lowest BCUT2D eigenvalue weighted by atomic mass is 10.2. The van der Waals surface area contributed by atoms with E-state index in [2.05, 4.69) is 22.2 Å². The van der Waals surface area contributed by atoms with E-state index in [1.54, 1.807) is 11.9 Å². The second-order valence-electron chi connectivity index (χ2n) is 6.20. The molecular weight excluding hydrogens is 306 g/mol. The van der Waals surface area contributed by atoms with E-state index in [1.807, 2.05) is 31.2 Å². The molecule has 1 atom stereocenters. The zero-order valence-corrected chi connectivity index (χ0v) is 14.1. The molecule has 0 radical (unpaired) electrons. The molecule has 1 amide bonds. The number of morpholine rings is 1. The number of benzene rings is 1. The summed E-state index contributed by atoms with van der Waals surface area (Å²) in [6.45, 7) is 5.11. The summed E-state index contributed by atoms with van der Waals surface area (Å²) >= 11 is 0. The highest BCUT2D eigenvalue weighted by Crippen LogP contribution is 2.13. The average molecular weight is 329 g/mol. The van der Waals surface area contributed by atoms with E-state index in [1.165, 1.54) is 5.56 Å². The van der Waals surface area contributed by atoms with Crippen LogP contribution in [0.5, 0.6) is 0 Å². The molecule has 0 aliphatic carbocycles. The number of carbonyl (C=O) groups excluding carboxylic acids is 1. The Morgan fingerprint density at radius 1 is 1.38 bits per heavy atom. The highest BCUT2D eigenvalue weighted by atomic mass is 16.5. The molecule has 0 bridgehead atoms. The molecule has 0 spiro atoms. The number of hydrogen-bond donors (Lipinski definition) is 0. The first kappa shape index (κ1) is 16.7. The van der Waals surface area contributed by atoms with Gasteiger partial charge in [0.1, 0.15) is 17.6 Å². The summed E-state index contributed by atoms with van der Waals surface area (Å²) in [6.07, 6.45) is -0.430. The van der Waals surface area contributed by atoms with Gasteiger partial charge in [-0.1, -0.05) is 35.5 Å². The van der Waals surface area contributed by atoms with E-state index in [0.717, 1.165) is 24.5 Å². The van der Waals surface area contributed by atoms with Crippen molar-refractivity contribution in [2.45, 2.75) is 26.1 Å². The van der Waals surface area contributed by atoms with Crippen LogP contribution in [0.1, 0.15) is 17.0 Å². The molecule has 1 aliphatic rings. The maximum atomic E-state index is 12.6. The number of amides is 1. The number of hydrogen-bond acceptors (Lipinski definition) is 5. The van der Waals surface area contributed by atoms with Crippen molar-refractivity contribution in [3.05, 3.63) is 53.4 Å². The van der Waals surface area contributed by atoms with Crippen LogP contribution in [0.3, 0.4) is 0 Å². The second-order valence-corrected chi connectivity index (χ2v) is 6.20. The lowest BCUT2D eigenvalue weighted by molar-refractivity contribution is -0.149. The lowest BCUT2D eigenvalue weighted by Gasteiger charge is -2.33. The van der Waals surface area contributed by atoms with Crippen molar-refractivity contribution in [3.8, 4) is 0 Å². The van der Waals surface area contributed by atoms with Crippen LogP contribution in [0.4, 0.5) is 0 Å². The van der Waals surface area contributed by atoms with Crippen LogP contribution >= 0.6 is 0 Å². The van der Waals surface area contributed by atoms with Gasteiger partial charge < -0.3 is 14.2 Å². The number of rotatable bonds is 5. The monoisotopic (exact) mass is 329 g/mol. The molecule has 1 aromatic carbocycles. The summed E-state index contributed by atoms with van der Waals surface area (Å²) in [6, 6.07) is 12.1. The Labute approximate surface area is 142 Å². The van der Waals surface area contributed by atoms with Crippen molar-refractivity contribution < 1.29 is 14.1 Å². The van der Waals surface area contributed by atoms with Gasteiger partial charge in [0.2, 0.25) is 0 Å². The summed E-state index contributed by atoms with van der Waals surface area (Å²) in [7, 11) is 1.77. The van der Waals surface area contributed by atoms with Gasteiger partial charge in [-0.25, -0.2) is 0 Å². The molecule has 3 rings (SSSR count).